The molecule has 0 fully saturated rings. The molecule has 6 nitrogen and oxygen atoms in total. The van der Waals surface area contributed by atoms with Crippen molar-refractivity contribution in [2.75, 3.05) is 13.2 Å². The summed E-state index contributed by atoms with van der Waals surface area (Å²) in [4.78, 5) is 0. The van der Waals surface area contributed by atoms with E-state index in [1.807, 2.05) is 0 Å². The van der Waals surface area contributed by atoms with E-state index in [9.17, 15) is 113 Å². The Morgan fingerprint density at radius 2 is 0.558 bits per heavy atom. The Morgan fingerprint density at radius 3 is 0.744 bits per heavy atom. The lowest BCUT2D eigenvalue weighted by Gasteiger charge is -2.36. The summed E-state index contributed by atoms with van der Waals surface area (Å²) in [6.07, 6.45) is -17.5. The average molecular weight is 740 g/mol. The highest BCUT2D eigenvalue weighted by atomic mass is 32.2. The third-order valence-electron chi connectivity index (χ3n) is 4.41. The van der Waals surface area contributed by atoms with E-state index in [4.69, 9.17) is 0 Å². The zero-order valence-corrected chi connectivity index (χ0v) is 20.3. The van der Waals surface area contributed by atoms with Crippen LogP contribution in [0.25, 0.3) is 0 Å². The molecule has 260 valence electrons. The third-order valence-corrected chi connectivity index (χ3v) is 7.14. The molecule has 0 aliphatic heterocycles. The normalized spacial score (nSPS) is 16.5. The molecule has 30 heteroatoms. The van der Waals surface area contributed by atoms with Gasteiger partial charge in [0.05, 0.1) is 13.2 Å². The summed E-state index contributed by atoms with van der Waals surface area (Å²) in [6.45, 7) is -4.95. The smallest absolute Gasteiger partial charge is 0.265 e. The van der Waals surface area contributed by atoms with Gasteiger partial charge in [-0.25, -0.2) is 0 Å². The molecular formula is C13H6F22O6S2. The van der Waals surface area contributed by atoms with Crippen LogP contribution < -0.4 is 0 Å². The average Bonchev–Trinajstić information content (AvgIpc) is 2.75. The number of hydrogen-bond acceptors (Lipinski definition) is 6. The molecular weight excluding hydrogens is 734 g/mol. The summed E-state index contributed by atoms with van der Waals surface area (Å²) < 4.78 is 333. The zero-order chi connectivity index (χ0) is 35.5. The number of halogens is 22. The quantitative estimate of drug-likeness (QED) is 0.120. The molecule has 43 heavy (non-hydrogen) atoms. The number of rotatable bonds is 14. The van der Waals surface area contributed by atoms with Crippen LogP contribution in [0.5, 0.6) is 0 Å². The summed E-state index contributed by atoms with van der Waals surface area (Å²) in [5.41, 5.74) is 0. The standard InChI is InChI=1S/C13H6F22O6S2/c14-4(15,6(18,19)10(26,27)28)8(22,23)12(32,33)42(36,37)40-2-1-3-41-43(38,39)13(34,35)9(24,25)5(16,17)7(20,21)11(29,30)31/h1-3H2. The van der Waals surface area contributed by atoms with Crippen molar-refractivity contribution in [3.8, 4) is 0 Å². The Labute approximate surface area is 221 Å². The van der Waals surface area contributed by atoms with Crippen molar-refractivity contribution in [1.29, 1.82) is 0 Å². The van der Waals surface area contributed by atoms with E-state index < -0.39 is 98.3 Å². The van der Waals surface area contributed by atoms with Gasteiger partial charge in [-0.3, -0.25) is 8.37 Å². The minimum Gasteiger partial charge on any atom is -0.265 e. The molecule has 0 aliphatic rings. The highest BCUT2D eigenvalue weighted by molar-refractivity contribution is 7.88. The summed E-state index contributed by atoms with van der Waals surface area (Å²) in [7, 11) is -15.7. The van der Waals surface area contributed by atoms with Gasteiger partial charge in [-0.1, -0.05) is 0 Å². The molecule has 0 spiro atoms. The summed E-state index contributed by atoms with van der Waals surface area (Å²) in [6, 6.07) is 0. The second kappa shape index (κ2) is 11.0. The van der Waals surface area contributed by atoms with Gasteiger partial charge >= 0.3 is 78.6 Å². The van der Waals surface area contributed by atoms with E-state index >= 15 is 0 Å². The first-order chi connectivity index (χ1) is 18.2. The molecule has 0 aromatic rings. The number of hydrogen-bond donors (Lipinski definition) is 0. The van der Waals surface area contributed by atoms with Gasteiger partial charge in [-0.15, -0.1) is 0 Å². The maximum atomic E-state index is 13.5. The van der Waals surface area contributed by atoms with Gasteiger partial charge in [0.1, 0.15) is 0 Å². The van der Waals surface area contributed by atoms with Gasteiger partial charge in [-0.2, -0.15) is 113 Å². The molecule has 0 saturated carbocycles. The van der Waals surface area contributed by atoms with Crippen LogP contribution >= 0.6 is 0 Å². The SMILES string of the molecule is O=S(=O)(OCCCOS(=O)(=O)C(F)(F)C(F)(F)C(F)(F)C(F)(F)C(F)(F)F)C(F)(F)C(F)(F)C(F)(F)C(F)(F)C(F)(F)F. The van der Waals surface area contributed by atoms with Gasteiger partial charge < -0.3 is 0 Å². The van der Waals surface area contributed by atoms with Gasteiger partial charge in [0, 0.05) is 0 Å². The van der Waals surface area contributed by atoms with Gasteiger partial charge in [0.25, 0.3) is 0 Å². The Hall–Kier alpha value is -1.72. The predicted octanol–water partition coefficient (Wildman–Crippen LogP) is 6.19. The summed E-state index contributed by atoms with van der Waals surface area (Å²) in [5, 5.41) is -15.5. The molecule has 0 amide bonds. The first kappa shape index (κ1) is 41.3. The first-order valence-corrected chi connectivity index (χ1v) is 12.0. The summed E-state index contributed by atoms with van der Waals surface area (Å²) >= 11 is 0. The molecule has 0 heterocycles. The molecule has 0 atom stereocenters. The maximum absolute atomic E-state index is 13.5. The van der Waals surface area contributed by atoms with Crippen molar-refractivity contribution >= 4 is 20.2 Å². The maximum Gasteiger partial charge on any atom is 0.460 e. The minimum atomic E-state index is -8.28. The van der Waals surface area contributed by atoms with E-state index in [2.05, 4.69) is 8.37 Å². The van der Waals surface area contributed by atoms with Crippen LogP contribution in [0.2, 0.25) is 0 Å². The molecule has 0 radical (unpaired) electrons. The zero-order valence-electron chi connectivity index (χ0n) is 18.7. The Kier molecular flexibility index (Phi) is 10.5. The van der Waals surface area contributed by atoms with E-state index in [1.165, 1.54) is 0 Å². The largest absolute Gasteiger partial charge is 0.460 e. The molecule has 0 unspecified atom stereocenters. The van der Waals surface area contributed by atoms with Crippen LogP contribution in [-0.2, 0) is 28.6 Å². The molecule has 0 saturated heterocycles. The van der Waals surface area contributed by atoms with Crippen molar-refractivity contribution in [1.82, 2.24) is 0 Å². The highest BCUT2D eigenvalue weighted by Gasteiger charge is 2.91. The fourth-order valence-electron chi connectivity index (χ4n) is 1.97. The molecule has 0 aliphatic carbocycles. The van der Waals surface area contributed by atoms with Crippen LogP contribution in [-0.4, -0.2) is 88.4 Å². The molecule has 0 bridgehead atoms. The topological polar surface area (TPSA) is 86.7 Å². The Bertz CT molecular complexity index is 1120. The minimum absolute atomic E-state index is 2.06. The van der Waals surface area contributed by atoms with Gasteiger partial charge in [-0.05, 0) is 6.42 Å². The molecule has 0 N–H and O–H groups in total. The lowest BCUT2D eigenvalue weighted by molar-refractivity contribution is -0.413. The van der Waals surface area contributed by atoms with Crippen molar-refractivity contribution in [3.63, 3.8) is 0 Å². The fourth-order valence-corrected chi connectivity index (χ4v) is 3.83. The predicted molar refractivity (Wildman–Crippen MR) is 86.0 cm³/mol. The van der Waals surface area contributed by atoms with Gasteiger partial charge in [0.15, 0.2) is 0 Å². The molecule has 0 rings (SSSR count). The van der Waals surface area contributed by atoms with Crippen LogP contribution in [0.15, 0.2) is 0 Å². The van der Waals surface area contributed by atoms with Crippen LogP contribution in [0.1, 0.15) is 6.42 Å². The van der Waals surface area contributed by atoms with E-state index in [-0.39, 0.29) is 0 Å². The van der Waals surface area contributed by atoms with Crippen LogP contribution in [0.3, 0.4) is 0 Å². The highest BCUT2D eigenvalue weighted by Crippen LogP contribution is 2.60. The van der Waals surface area contributed by atoms with Crippen LogP contribution in [0.4, 0.5) is 96.6 Å². The van der Waals surface area contributed by atoms with Crippen molar-refractivity contribution in [3.05, 3.63) is 0 Å². The van der Waals surface area contributed by atoms with Crippen molar-refractivity contribution in [2.45, 2.75) is 64.8 Å². The second-order valence-electron chi connectivity index (χ2n) is 7.38. The first-order valence-electron chi connectivity index (χ1n) is 9.14. The molecule has 0 aromatic heterocycles. The Morgan fingerprint density at radius 1 is 0.349 bits per heavy atom. The van der Waals surface area contributed by atoms with Crippen molar-refractivity contribution < 1.29 is 122 Å². The number of alkyl halides is 22. The fraction of sp³-hybridized carbons (Fsp3) is 1.00. The van der Waals surface area contributed by atoms with E-state index in [1.54, 1.807) is 0 Å². The summed E-state index contributed by atoms with van der Waals surface area (Å²) in [5.74, 6) is -49.1. The van der Waals surface area contributed by atoms with Gasteiger partial charge in [0.2, 0.25) is 0 Å². The third kappa shape index (κ3) is 6.11. The monoisotopic (exact) mass is 740 g/mol. The van der Waals surface area contributed by atoms with E-state index in [0.717, 1.165) is 0 Å². The lowest BCUT2D eigenvalue weighted by Crippen LogP contribution is -2.68. The molecule has 0 aromatic carbocycles. The lowest BCUT2D eigenvalue weighted by atomic mass is 10.0. The Balaban J connectivity index is 5.88. The second-order valence-corrected chi connectivity index (χ2v) is 10.7. The van der Waals surface area contributed by atoms with Crippen molar-refractivity contribution in [2.24, 2.45) is 0 Å². The van der Waals surface area contributed by atoms with Crippen LogP contribution in [0, 0.1) is 0 Å². The van der Waals surface area contributed by atoms with E-state index in [0.29, 0.717) is 0 Å².